The Balaban J connectivity index is 1.40. The Morgan fingerprint density at radius 1 is 1.10 bits per heavy atom. The van der Waals surface area contributed by atoms with Crippen molar-refractivity contribution in [2.24, 2.45) is 11.7 Å². The first-order chi connectivity index (χ1) is 18.8. The fourth-order valence-corrected chi connectivity index (χ4v) is 4.90. The zero-order valence-electron chi connectivity index (χ0n) is 22.3. The van der Waals surface area contributed by atoms with Crippen molar-refractivity contribution in [1.82, 2.24) is 14.9 Å². The number of halogens is 1. The van der Waals surface area contributed by atoms with E-state index in [-0.39, 0.29) is 5.69 Å². The van der Waals surface area contributed by atoms with Crippen molar-refractivity contribution in [3.63, 3.8) is 0 Å². The summed E-state index contributed by atoms with van der Waals surface area (Å²) >= 11 is 0. The molecule has 8 nitrogen and oxygen atoms in total. The Hall–Kier alpha value is -4.24. The summed E-state index contributed by atoms with van der Waals surface area (Å²) in [5, 5.41) is 3.75. The van der Waals surface area contributed by atoms with Gasteiger partial charge < -0.3 is 25.4 Å². The van der Waals surface area contributed by atoms with Gasteiger partial charge in [-0.15, -0.1) is 0 Å². The third-order valence-corrected chi connectivity index (χ3v) is 7.21. The topological polar surface area (TPSA) is 103 Å². The van der Waals surface area contributed by atoms with Crippen molar-refractivity contribution in [2.75, 3.05) is 39.2 Å². The quantitative estimate of drug-likeness (QED) is 0.319. The van der Waals surface area contributed by atoms with Crippen LogP contribution < -0.4 is 20.5 Å². The number of methoxy groups -OCH3 is 1. The van der Waals surface area contributed by atoms with E-state index in [2.05, 4.69) is 27.2 Å². The fourth-order valence-electron chi connectivity index (χ4n) is 4.90. The summed E-state index contributed by atoms with van der Waals surface area (Å²) < 4.78 is 27.1. The molecule has 0 aliphatic carbocycles. The lowest BCUT2D eigenvalue weighted by molar-refractivity contribution is 0.100. The number of nitrogens with two attached hydrogens (primary N) is 1. The molecular weight excluding hydrogens is 497 g/mol. The SMILES string of the molecule is COc1cc2c(Nc3ccc(-c4cc(C)ccc4C(N)=O)cc3F)ncnc2cc1OCC1CCN(C)CC1. The normalized spacial score (nSPS) is 14.4. The fraction of sp³-hybridized carbons (Fsp3) is 0.300. The number of aryl methyl sites for hydroxylation is 1. The van der Waals surface area contributed by atoms with Gasteiger partial charge in [0, 0.05) is 17.0 Å². The van der Waals surface area contributed by atoms with Gasteiger partial charge in [0.05, 0.1) is 24.9 Å². The second-order valence-electron chi connectivity index (χ2n) is 10.0. The molecule has 1 aliphatic heterocycles. The molecule has 3 aromatic carbocycles. The van der Waals surface area contributed by atoms with Gasteiger partial charge in [-0.3, -0.25) is 4.79 Å². The Kier molecular flexibility index (Phi) is 7.60. The van der Waals surface area contributed by atoms with Crippen molar-refractivity contribution in [3.05, 3.63) is 71.8 Å². The molecule has 4 aromatic rings. The van der Waals surface area contributed by atoms with Gasteiger partial charge in [-0.2, -0.15) is 0 Å². The van der Waals surface area contributed by atoms with Crippen LogP contribution >= 0.6 is 0 Å². The van der Waals surface area contributed by atoms with Crippen LogP contribution in [-0.2, 0) is 0 Å². The minimum absolute atomic E-state index is 0.230. The minimum Gasteiger partial charge on any atom is -0.493 e. The van der Waals surface area contributed by atoms with Crippen molar-refractivity contribution < 1.29 is 18.7 Å². The van der Waals surface area contributed by atoms with E-state index in [1.807, 2.05) is 19.1 Å². The first-order valence-electron chi connectivity index (χ1n) is 12.9. The Morgan fingerprint density at radius 3 is 2.62 bits per heavy atom. The molecule has 202 valence electrons. The van der Waals surface area contributed by atoms with E-state index in [4.69, 9.17) is 15.2 Å². The van der Waals surface area contributed by atoms with Gasteiger partial charge in [-0.1, -0.05) is 23.8 Å². The van der Waals surface area contributed by atoms with E-state index in [0.717, 1.165) is 31.5 Å². The molecule has 0 bridgehead atoms. The van der Waals surface area contributed by atoms with E-state index >= 15 is 4.39 Å². The molecule has 1 aliphatic rings. The van der Waals surface area contributed by atoms with E-state index in [1.165, 1.54) is 12.4 Å². The maximum atomic E-state index is 15.3. The summed E-state index contributed by atoms with van der Waals surface area (Å²) in [6.07, 6.45) is 3.62. The summed E-state index contributed by atoms with van der Waals surface area (Å²) in [6, 6.07) is 13.6. The molecule has 0 unspecified atom stereocenters. The highest BCUT2D eigenvalue weighted by atomic mass is 19.1. The van der Waals surface area contributed by atoms with Gasteiger partial charge in [0.25, 0.3) is 0 Å². The second-order valence-corrected chi connectivity index (χ2v) is 10.0. The molecule has 0 radical (unpaired) electrons. The molecule has 1 aromatic heterocycles. The first-order valence-corrected chi connectivity index (χ1v) is 12.9. The van der Waals surface area contributed by atoms with Crippen LogP contribution in [0.2, 0.25) is 0 Å². The predicted molar refractivity (Wildman–Crippen MR) is 150 cm³/mol. The zero-order chi connectivity index (χ0) is 27.5. The van der Waals surface area contributed by atoms with Crippen LogP contribution in [0.15, 0.2) is 54.9 Å². The molecule has 39 heavy (non-hydrogen) atoms. The van der Waals surface area contributed by atoms with Crippen LogP contribution in [0.1, 0.15) is 28.8 Å². The zero-order valence-corrected chi connectivity index (χ0v) is 22.3. The summed E-state index contributed by atoms with van der Waals surface area (Å²) in [4.78, 5) is 23.0. The lowest BCUT2D eigenvalue weighted by atomic mass is 9.97. The number of carbonyl (C=O) groups is 1. The van der Waals surface area contributed by atoms with Gasteiger partial charge in [0.1, 0.15) is 18.0 Å². The molecule has 1 saturated heterocycles. The molecule has 1 fully saturated rings. The maximum Gasteiger partial charge on any atom is 0.249 e. The number of aromatic nitrogens is 2. The van der Waals surface area contributed by atoms with Crippen LogP contribution in [0.4, 0.5) is 15.9 Å². The number of hydrogen-bond acceptors (Lipinski definition) is 7. The summed E-state index contributed by atoms with van der Waals surface area (Å²) in [7, 11) is 3.73. The number of benzene rings is 3. The number of rotatable bonds is 8. The van der Waals surface area contributed by atoms with Crippen molar-refractivity contribution in [3.8, 4) is 22.6 Å². The number of amides is 1. The third kappa shape index (κ3) is 5.78. The maximum absolute atomic E-state index is 15.3. The number of fused-ring (bicyclic) bond motifs is 1. The largest absolute Gasteiger partial charge is 0.493 e. The van der Waals surface area contributed by atoms with Crippen molar-refractivity contribution in [1.29, 1.82) is 0 Å². The average molecular weight is 530 g/mol. The average Bonchev–Trinajstić information content (AvgIpc) is 2.93. The Morgan fingerprint density at radius 2 is 1.90 bits per heavy atom. The number of nitrogens with one attached hydrogen (secondary N) is 1. The highest BCUT2D eigenvalue weighted by Gasteiger charge is 2.19. The molecule has 3 N–H and O–H groups in total. The molecule has 5 rings (SSSR count). The first kappa shape index (κ1) is 26.4. The molecule has 1 amide bonds. The minimum atomic E-state index is -0.566. The van der Waals surface area contributed by atoms with E-state index in [1.54, 1.807) is 37.4 Å². The molecule has 0 saturated carbocycles. The lowest BCUT2D eigenvalue weighted by Gasteiger charge is -2.28. The van der Waals surface area contributed by atoms with E-state index < -0.39 is 11.7 Å². The standard InChI is InChI=1S/C30H32FN5O3/c1-18-4-6-21(29(32)37)22(12-18)20-5-7-25(24(31)13-20)35-30-23-14-27(38-3)28(15-26(23)33-17-34-30)39-16-19-8-10-36(2)11-9-19/h4-7,12-15,17,19H,8-11,16H2,1-3H3,(H2,32,37)(H,33,34,35). The van der Waals surface area contributed by atoms with Gasteiger partial charge in [0.2, 0.25) is 5.91 Å². The Bertz CT molecular complexity index is 1520. The van der Waals surface area contributed by atoms with Gasteiger partial charge in [-0.25, -0.2) is 14.4 Å². The van der Waals surface area contributed by atoms with Crippen LogP contribution in [0.25, 0.3) is 22.0 Å². The third-order valence-electron chi connectivity index (χ3n) is 7.21. The number of anilines is 2. The van der Waals surface area contributed by atoms with Crippen molar-refractivity contribution >= 4 is 28.3 Å². The smallest absolute Gasteiger partial charge is 0.249 e. The van der Waals surface area contributed by atoms with Crippen LogP contribution in [0, 0.1) is 18.7 Å². The summed E-state index contributed by atoms with van der Waals surface area (Å²) in [5.41, 5.74) is 8.83. The lowest BCUT2D eigenvalue weighted by Crippen LogP contribution is -2.32. The van der Waals surface area contributed by atoms with Gasteiger partial charge in [0.15, 0.2) is 11.5 Å². The number of likely N-dealkylation sites (tertiary alicyclic amines) is 1. The molecule has 0 spiro atoms. The van der Waals surface area contributed by atoms with Gasteiger partial charge in [-0.05, 0) is 81.2 Å². The van der Waals surface area contributed by atoms with Crippen LogP contribution in [0.5, 0.6) is 11.5 Å². The molecular formula is C30H32FN5O3. The van der Waals surface area contributed by atoms with Crippen LogP contribution in [-0.4, -0.2) is 54.6 Å². The second kappa shape index (κ2) is 11.2. The number of ether oxygens (including phenoxy) is 2. The summed E-state index contributed by atoms with van der Waals surface area (Å²) in [6.45, 7) is 4.65. The number of primary amides is 1. The highest BCUT2D eigenvalue weighted by Crippen LogP contribution is 2.36. The number of hydrogen-bond donors (Lipinski definition) is 2. The van der Waals surface area contributed by atoms with Crippen LogP contribution in [0.3, 0.4) is 0 Å². The Labute approximate surface area is 227 Å². The van der Waals surface area contributed by atoms with E-state index in [0.29, 0.717) is 57.4 Å². The number of nitrogens with zero attached hydrogens (tertiary/aromatic N) is 3. The molecule has 0 atom stereocenters. The monoisotopic (exact) mass is 529 g/mol. The number of carbonyl (C=O) groups excluding carboxylic acids is 1. The van der Waals surface area contributed by atoms with Crippen molar-refractivity contribution in [2.45, 2.75) is 19.8 Å². The predicted octanol–water partition coefficient (Wildman–Crippen LogP) is 5.32. The molecule has 9 heteroatoms. The highest BCUT2D eigenvalue weighted by molar-refractivity contribution is 6.00. The van der Waals surface area contributed by atoms with E-state index in [9.17, 15) is 4.79 Å². The number of piperidine rings is 1. The summed E-state index contributed by atoms with van der Waals surface area (Å²) in [5.74, 6) is 1.04. The molecule has 2 heterocycles. The van der Waals surface area contributed by atoms with Gasteiger partial charge >= 0.3 is 0 Å².